The van der Waals surface area contributed by atoms with Gasteiger partial charge in [0.25, 0.3) is 0 Å². The minimum Gasteiger partial charge on any atom is -0.478 e. The van der Waals surface area contributed by atoms with Crippen LogP contribution in [0.4, 0.5) is 0 Å². The van der Waals surface area contributed by atoms with Crippen LogP contribution in [0.3, 0.4) is 0 Å². The highest BCUT2D eigenvalue weighted by Gasteiger charge is 2.22. The maximum absolute atomic E-state index is 11.1. The molecule has 0 saturated carbocycles. The van der Waals surface area contributed by atoms with Gasteiger partial charge in [-0.15, -0.1) is 0 Å². The van der Waals surface area contributed by atoms with Gasteiger partial charge in [-0.2, -0.15) is 0 Å². The van der Waals surface area contributed by atoms with Gasteiger partial charge in [0.15, 0.2) is 0 Å². The third-order valence-electron chi connectivity index (χ3n) is 2.61. The maximum Gasteiger partial charge on any atom is 0.331 e. The molecule has 98 valence electrons. The molecule has 0 aliphatic carbocycles. The number of aliphatic carboxylic acids is 1. The summed E-state index contributed by atoms with van der Waals surface area (Å²) >= 11 is 0. The van der Waals surface area contributed by atoms with E-state index < -0.39 is 5.97 Å². The molecule has 2 heteroatoms. The van der Waals surface area contributed by atoms with Crippen molar-refractivity contribution in [2.75, 3.05) is 0 Å². The van der Waals surface area contributed by atoms with Gasteiger partial charge in [-0.25, -0.2) is 4.79 Å². The molecule has 0 saturated heterocycles. The lowest BCUT2D eigenvalue weighted by molar-refractivity contribution is -0.133. The Morgan fingerprint density at radius 3 is 2.18 bits per heavy atom. The number of carboxylic acids is 1. The van der Waals surface area contributed by atoms with Crippen molar-refractivity contribution >= 4 is 5.97 Å². The molecule has 0 aromatic rings. The minimum atomic E-state index is -0.789. The van der Waals surface area contributed by atoms with E-state index in [9.17, 15) is 4.79 Å². The Morgan fingerprint density at radius 1 is 1.12 bits per heavy atom. The Hall–Kier alpha value is -1.05. The number of hydrogen-bond donors (Lipinski definition) is 1. The van der Waals surface area contributed by atoms with Gasteiger partial charge in [-0.05, 0) is 37.5 Å². The molecule has 0 radical (unpaired) electrons. The fourth-order valence-corrected chi connectivity index (χ4v) is 1.65. The van der Waals surface area contributed by atoms with Crippen molar-refractivity contribution in [2.24, 2.45) is 5.41 Å². The van der Waals surface area contributed by atoms with Gasteiger partial charge >= 0.3 is 5.97 Å². The van der Waals surface area contributed by atoms with E-state index in [-0.39, 0.29) is 5.41 Å². The van der Waals surface area contributed by atoms with Gasteiger partial charge in [0.1, 0.15) is 0 Å². The number of allylic oxidation sites excluding steroid dienone is 3. The van der Waals surface area contributed by atoms with E-state index in [0.29, 0.717) is 5.57 Å². The van der Waals surface area contributed by atoms with Crippen LogP contribution >= 0.6 is 0 Å². The van der Waals surface area contributed by atoms with Crippen molar-refractivity contribution < 1.29 is 9.90 Å². The van der Waals surface area contributed by atoms with E-state index in [1.165, 1.54) is 0 Å². The molecule has 0 bridgehead atoms. The quantitative estimate of drug-likeness (QED) is 0.401. The maximum atomic E-state index is 11.1. The SMILES string of the molecule is CCC=CCCCCC=C(C(=O)O)C(C)(C)C. The zero-order valence-electron chi connectivity index (χ0n) is 11.6. The van der Waals surface area contributed by atoms with Gasteiger partial charge in [0.05, 0.1) is 0 Å². The van der Waals surface area contributed by atoms with E-state index in [1.807, 2.05) is 26.8 Å². The van der Waals surface area contributed by atoms with Crippen molar-refractivity contribution in [3.05, 3.63) is 23.8 Å². The Kier molecular flexibility index (Phi) is 7.60. The number of hydrogen-bond acceptors (Lipinski definition) is 1. The molecule has 17 heavy (non-hydrogen) atoms. The molecule has 0 heterocycles. The third-order valence-corrected chi connectivity index (χ3v) is 2.61. The first kappa shape index (κ1) is 16.0. The zero-order valence-corrected chi connectivity index (χ0v) is 11.6. The fourth-order valence-electron chi connectivity index (χ4n) is 1.65. The van der Waals surface area contributed by atoms with Crippen LogP contribution in [0.2, 0.25) is 0 Å². The molecule has 0 spiro atoms. The van der Waals surface area contributed by atoms with Crippen LogP contribution in [0.1, 0.15) is 59.8 Å². The van der Waals surface area contributed by atoms with Gasteiger partial charge in [-0.1, -0.05) is 45.9 Å². The van der Waals surface area contributed by atoms with Gasteiger partial charge in [0.2, 0.25) is 0 Å². The highest BCUT2D eigenvalue weighted by molar-refractivity contribution is 5.87. The molecule has 0 fully saturated rings. The molecule has 2 nitrogen and oxygen atoms in total. The first-order valence-corrected chi connectivity index (χ1v) is 6.48. The van der Waals surface area contributed by atoms with Gasteiger partial charge < -0.3 is 5.11 Å². The smallest absolute Gasteiger partial charge is 0.331 e. The number of unbranched alkanes of at least 4 members (excludes halogenated alkanes) is 3. The van der Waals surface area contributed by atoms with Crippen molar-refractivity contribution in [1.29, 1.82) is 0 Å². The summed E-state index contributed by atoms with van der Waals surface area (Å²) in [6, 6.07) is 0. The van der Waals surface area contributed by atoms with Crippen molar-refractivity contribution in [1.82, 2.24) is 0 Å². The first-order valence-electron chi connectivity index (χ1n) is 6.48. The minimum absolute atomic E-state index is 0.270. The zero-order chi connectivity index (χ0) is 13.3. The van der Waals surface area contributed by atoms with E-state index in [2.05, 4.69) is 19.1 Å². The standard InChI is InChI=1S/C15H26O2/c1-5-6-7-8-9-10-11-12-13(14(16)17)15(2,3)4/h6-7,12H,5,8-11H2,1-4H3,(H,16,17). The molecule has 0 aromatic carbocycles. The average molecular weight is 238 g/mol. The van der Waals surface area contributed by atoms with Crippen LogP contribution in [0.15, 0.2) is 23.8 Å². The average Bonchev–Trinajstić information content (AvgIpc) is 2.19. The lowest BCUT2D eigenvalue weighted by atomic mass is 9.85. The summed E-state index contributed by atoms with van der Waals surface area (Å²) in [5.74, 6) is -0.789. The molecule has 0 aliphatic rings. The Balaban J connectivity index is 4.04. The summed E-state index contributed by atoms with van der Waals surface area (Å²) in [4.78, 5) is 11.1. The Bertz CT molecular complexity index is 280. The molecule has 0 atom stereocenters. The van der Waals surface area contributed by atoms with Crippen LogP contribution in [-0.2, 0) is 4.79 Å². The van der Waals surface area contributed by atoms with E-state index in [4.69, 9.17) is 5.11 Å². The van der Waals surface area contributed by atoms with Crippen molar-refractivity contribution in [3.8, 4) is 0 Å². The molecular weight excluding hydrogens is 212 g/mol. The van der Waals surface area contributed by atoms with Crippen LogP contribution in [0.5, 0.6) is 0 Å². The molecule has 0 rings (SSSR count). The summed E-state index contributed by atoms with van der Waals surface area (Å²) in [6.45, 7) is 7.95. The first-order chi connectivity index (χ1) is 7.89. The molecule has 1 N–H and O–H groups in total. The van der Waals surface area contributed by atoms with Crippen LogP contribution in [-0.4, -0.2) is 11.1 Å². The van der Waals surface area contributed by atoms with Gasteiger partial charge in [-0.3, -0.25) is 0 Å². The fraction of sp³-hybridized carbons (Fsp3) is 0.667. The lowest BCUT2D eigenvalue weighted by Gasteiger charge is -2.19. The van der Waals surface area contributed by atoms with E-state index in [1.54, 1.807) is 0 Å². The summed E-state index contributed by atoms with van der Waals surface area (Å²) < 4.78 is 0. The summed E-state index contributed by atoms with van der Waals surface area (Å²) in [5, 5.41) is 9.10. The second kappa shape index (κ2) is 8.10. The number of rotatable bonds is 7. The Labute approximate surface area is 105 Å². The monoisotopic (exact) mass is 238 g/mol. The molecule has 0 aliphatic heterocycles. The van der Waals surface area contributed by atoms with E-state index >= 15 is 0 Å². The number of carbonyl (C=O) groups is 1. The summed E-state index contributed by atoms with van der Waals surface area (Å²) in [7, 11) is 0. The highest BCUT2D eigenvalue weighted by Crippen LogP contribution is 2.26. The van der Waals surface area contributed by atoms with Crippen LogP contribution in [0, 0.1) is 5.41 Å². The molecule has 0 amide bonds. The Morgan fingerprint density at radius 2 is 1.71 bits per heavy atom. The largest absolute Gasteiger partial charge is 0.478 e. The second-order valence-electron chi connectivity index (χ2n) is 5.34. The summed E-state index contributed by atoms with van der Waals surface area (Å²) in [5.41, 5.74) is 0.259. The molecular formula is C15H26O2. The highest BCUT2D eigenvalue weighted by atomic mass is 16.4. The number of carboxylic acid groups (broad SMARTS) is 1. The molecule has 0 aromatic heterocycles. The predicted molar refractivity (Wildman–Crippen MR) is 73.1 cm³/mol. The predicted octanol–water partition coefficient (Wildman–Crippen LogP) is 4.57. The third kappa shape index (κ3) is 7.78. The van der Waals surface area contributed by atoms with Crippen LogP contribution < -0.4 is 0 Å². The van der Waals surface area contributed by atoms with Crippen molar-refractivity contribution in [3.63, 3.8) is 0 Å². The topological polar surface area (TPSA) is 37.3 Å². The normalized spacial score (nSPS) is 13.3. The molecule has 0 unspecified atom stereocenters. The second-order valence-corrected chi connectivity index (χ2v) is 5.34. The van der Waals surface area contributed by atoms with E-state index in [0.717, 1.165) is 32.1 Å². The summed E-state index contributed by atoms with van der Waals surface area (Å²) in [6.07, 6.45) is 11.5. The lowest BCUT2D eigenvalue weighted by Crippen LogP contribution is -2.17. The van der Waals surface area contributed by atoms with Gasteiger partial charge in [0, 0.05) is 5.57 Å². The van der Waals surface area contributed by atoms with Crippen molar-refractivity contribution in [2.45, 2.75) is 59.8 Å². The van der Waals surface area contributed by atoms with Crippen LogP contribution in [0.25, 0.3) is 0 Å².